The van der Waals surface area contributed by atoms with Crippen molar-refractivity contribution in [3.05, 3.63) is 28.5 Å². The number of rotatable bonds is 2. The summed E-state index contributed by atoms with van der Waals surface area (Å²) in [7, 11) is 0. The molecule has 1 atom stereocenters. The van der Waals surface area contributed by atoms with Gasteiger partial charge in [-0.05, 0) is 41.1 Å². The van der Waals surface area contributed by atoms with E-state index < -0.39 is 0 Å². The van der Waals surface area contributed by atoms with E-state index in [0.29, 0.717) is 10.2 Å². The van der Waals surface area contributed by atoms with Crippen LogP contribution in [0.4, 0.5) is 10.1 Å². The van der Waals surface area contributed by atoms with Crippen molar-refractivity contribution in [2.45, 2.75) is 13.0 Å². The highest BCUT2D eigenvalue weighted by molar-refractivity contribution is 9.10. The van der Waals surface area contributed by atoms with Gasteiger partial charge in [0.2, 0.25) is 0 Å². The first-order valence-corrected chi connectivity index (χ1v) is 4.60. The predicted molar refractivity (Wildman–Crippen MR) is 56.0 cm³/mol. The minimum Gasteiger partial charge on any atom is -0.372 e. The van der Waals surface area contributed by atoms with Crippen LogP contribution in [-0.4, -0.2) is 6.04 Å². The number of halogens is 2. The molecule has 0 bridgehead atoms. The molecule has 0 radical (unpaired) electrons. The Morgan fingerprint density at radius 3 is 2.85 bits per heavy atom. The van der Waals surface area contributed by atoms with Gasteiger partial charge in [0, 0.05) is 5.69 Å². The second-order valence-corrected chi connectivity index (χ2v) is 3.52. The minimum absolute atomic E-state index is 0.0967. The molecule has 68 valence electrons. The van der Waals surface area contributed by atoms with E-state index in [9.17, 15) is 4.39 Å². The number of hydrogen-bond donors (Lipinski definition) is 1. The Balaban J connectivity index is 2.81. The molecule has 0 aromatic heterocycles. The van der Waals surface area contributed by atoms with Crippen LogP contribution in [0, 0.1) is 18.2 Å². The predicted octanol–water partition coefficient (Wildman–Crippen LogP) is 3.02. The van der Waals surface area contributed by atoms with Gasteiger partial charge in [0.1, 0.15) is 5.82 Å². The van der Waals surface area contributed by atoms with Crippen molar-refractivity contribution in [3.8, 4) is 12.3 Å². The molecule has 1 N–H and O–H groups in total. The van der Waals surface area contributed by atoms with Crippen LogP contribution in [0.25, 0.3) is 0 Å². The molecule has 3 heteroatoms. The van der Waals surface area contributed by atoms with E-state index >= 15 is 0 Å². The fourth-order valence-electron chi connectivity index (χ4n) is 0.878. The molecule has 1 unspecified atom stereocenters. The first-order valence-electron chi connectivity index (χ1n) is 3.81. The maximum absolute atomic E-state index is 13.0. The second kappa shape index (κ2) is 4.29. The van der Waals surface area contributed by atoms with Gasteiger partial charge in [0.25, 0.3) is 0 Å². The molecule has 1 rings (SSSR count). The Hall–Kier alpha value is -1.01. The Bertz CT molecular complexity index is 343. The summed E-state index contributed by atoms with van der Waals surface area (Å²) in [6.07, 6.45) is 5.17. The number of terminal acetylenes is 1. The third kappa shape index (κ3) is 2.74. The molecule has 0 amide bonds. The Morgan fingerprint density at radius 1 is 1.62 bits per heavy atom. The standard InChI is InChI=1S/C10H9BrFN/c1-3-7(2)13-8-4-5-9(11)10(12)6-8/h1,4-7,13H,2H3. The zero-order valence-electron chi connectivity index (χ0n) is 7.14. The fourth-order valence-corrected chi connectivity index (χ4v) is 1.12. The van der Waals surface area contributed by atoms with Crippen molar-refractivity contribution < 1.29 is 4.39 Å². The van der Waals surface area contributed by atoms with Crippen LogP contribution in [0.1, 0.15) is 6.92 Å². The smallest absolute Gasteiger partial charge is 0.139 e. The summed E-state index contributed by atoms with van der Waals surface area (Å²) in [5.41, 5.74) is 0.686. The van der Waals surface area contributed by atoms with Crippen LogP contribution in [0.5, 0.6) is 0 Å². The number of benzene rings is 1. The van der Waals surface area contributed by atoms with Gasteiger partial charge < -0.3 is 5.32 Å². The number of hydrogen-bond acceptors (Lipinski definition) is 1. The van der Waals surface area contributed by atoms with Gasteiger partial charge in [-0.15, -0.1) is 6.42 Å². The minimum atomic E-state index is -0.297. The van der Waals surface area contributed by atoms with Crippen molar-refractivity contribution in [1.29, 1.82) is 0 Å². The van der Waals surface area contributed by atoms with Gasteiger partial charge in [0.15, 0.2) is 0 Å². The van der Waals surface area contributed by atoms with E-state index in [1.165, 1.54) is 6.07 Å². The summed E-state index contributed by atoms with van der Waals surface area (Å²) in [4.78, 5) is 0. The lowest BCUT2D eigenvalue weighted by atomic mass is 10.2. The van der Waals surface area contributed by atoms with Gasteiger partial charge in [-0.1, -0.05) is 5.92 Å². The molecule has 1 nitrogen and oxygen atoms in total. The quantitative estimate of drug-likeness (QED) is 0.786. The Labute approximate surface area is 85.5 Å². The Morgan fingerprint density at radius 2 is 2.31 bits per heavy atom. The molecule has 0 aliphatic rings. The largest absolute Gasteiger partial charge is 0.372 e. The number of anilines is 1. The zero-order chi connectivity index (χ0) is 9.84. The van der Waals surface area contributed by atoms with Gasteiger partial charge in [0.05, 0.1) is 10.5 Å². The topological polar surface area (TPSA) is 12.0 Å². The first kappa shape index (κ1) is 10.1. The first-order chi connectivity index (χ1) is 6.13. The molecule has 0 heterocycles. The van der Waals surface area contributed by atoms with Crippen LogP contribution in [-0.2, 0) is 0 Å². The maximum Gasteiger partial charge on any atom is 0.139 e. The van der Waals surface area contributed by atoms with Crippen molar-refractivity contribution in [2.75, 3.05) is 5.32 Å². The lowest BCUT2D eigenvalue weighted by Crippen LogP contribution is -2.11. The van der Waals surface area contributed by atoms with E-state index in [2.05, 4.69) is 27.2 Å². The molecule has 1 aromatic rings. The Kier molecular flexibility index (Phi) is 3.32. The molecule has 0 aliphatic carbocycles. The van der Waals surface area contributed by atoms with Crippen LogP contribution in [0.2, 0.25) is 0 Å². The van der Waals surface area contributed by atoms with E-state index in [-0.39, 0.29) is 11.9 Å². The second-order valence-electron chi connectivity index (χ2n) is 2.66. The highest BCUT2D eigenvalue weighted by atomic mass is 79.9. The molecule has 1 aromatic carbocycles. The van der Waals surface area contributed by atoms with Crippen LogP contribution >= 0.6 is 15.9 Å². The lowest BCUT2D eigenvalue weighted by molar-refractivity contribution is 0.621. The molecule has 0 fully saturated rings. The van der Waals surface area contributed by atoms with Crippen molar-refractivity contribution in [2.24, 2.45) is 0 Å². The highest BCUT2D eigenvalue weighted by Gasteiger charge is 2.01. The molecule has 0 saturated heterocycles. The fraction of sp³-hybridized carbons (Fsp3) is 0.200. The van der Waals surface area contributed by atoms with Gasteiger partial charge >= 0.3 is 0 Å². The third-order valence-electron chi connectivity index (χ3n) is 1.55. The van der Waals surface area contributed by atoms with E-state index in [1.807, 2.05) is 6.92 Å². The molecular weight excluding hydrogens is 233 g/mol. The van der Waals surface area contributed by atoms with Crippen LogP contribution in [0.15, 0.2) is 22.7 Å². The van der Waals surface area contributed by atoms with E-state index in [1.54, 1.807) is 12.1 Å². The summed E-state index contributed by atoms with van der Waals surface area (Å²) in [5.74, 6) is 2.21. The normalized spacial score (nSPS) is 11.8. The van der Waals surface area contributed by atoms with Gasteiger partial charge in [-0.3, -0.25) is 0 Å². The van der Waals surface area contributed by atoms with Gasteiger partial charge in [-0.2, -0.15) is 0 Å². The van der Waals surface area contributed by atoms with Crippen molar-refractivity contribution in [3.63, 3.8) is 0 Å². The summed E-state index contributed by atoms with van der Waals surface area (Å²) in [6, 6.07) is 4.71. The zero-order valence-corrected chi connectivity index (χ0v) is 8.73. The van der Waals surface area contributed by atoms with Crippen LogP contribution < -0.4 is 5.32 Å². The summed E-state index contributed by atoms with van der Waals surface area (Å²) in [6.45, 7) is 1.83. The van der Waals surface area contributed by atoms with Gasteiger partial charge in [-0.25, -0.2) is 4.39 Å². The molecule has 0 aliphatic heterocycles. The summed E-state index contributed by atoms with van der Waals surface area (Å²) < 4.78 is 13.4. The lowest BCUT2D eigenvalue weighted by Gasteiger charge is -2.09. The van der Waals surface area contributed by atoms with Crippen molar-refractivity contribution >= 4 is 21.6 Å². The molecule has 13 heavy (non-hydrogen) atoms. The molecular formula is C10H9BrFN. The maximum atomic E-state index is 13.0. The average molecular weight is 242 g/mol. The summed E-state index contributed by atoms with van der Waals surface area (Å²) in [5, 5.41) is 2.96. The number of nitrogens with one attached hydrogen (secondary N) is 1. The van der Waals surface area contributed by atoms with Crippen molar-refractivity contribution in [1.82, 2.24) is 0 Å². The highest BCUT2D eigenvalue weighted by Crippen LogP contribution is 2.19. The summed E-state index contributed by atoms with van der Waals surface area (Å²) >= 11 is 3.07. The SMILES string of the molecule is C#CC(C)Nc1ccc(Br)c(F)c1. The van der Waals surface area contributed by atoms with E-state index in [0.717, 1.165) is 0 Å². The molecule has 0 saturated carbocycles. The van der Waals surface area contributed by atoms with Crippen LogP contribution in [0.3, 0.4) is 0 Å². The van der Waals surface area contributed by atoms with E-state index in [4.69, 9.17) is 6.42 Å². The average Bonchev–Trinajstić information content (AvgIpc) is 2.11. The monoisotopic (exact) mass is 241 g/mol. The third-order valence-corrected chi connectivity index (χ3v) is 2.20. The molecule has 0 spiro atoms.